The molecule has 562 valence electrons. The summed E-state index contributed by atoms with van der Waals surface area (Å²) >= 11 is 12.1. The Balaban J connectivity index is 0.000000164. The lowest BCUT2D eigenvalue weighted by Gasteiger charge is -2.19. The number of esters is 2. The van der Waals surface area contributed by atoms with Gasteiger partial charge in [0.05, 0.1) is 78.4 Å². The number of hydrogen-bond acceptors (Lipinski definition) is 20. The van der Waals surface area contributed by atoms with E-state index in [4.69, 9.17) is 47.0 Å². The summed E-state index contributed by atoms with van der Waals surface area (Å²) in [6.45, 7) is 17.4. The summed E-state index contributed by atoms with van der Waals surface area (Å²) in [4.78, 5) is 107. The lowest BCUT2D eigenvalue weighted by molar-refractivity contribution is -0.143. The molecule has 2 aliphatic carbocycles. The second kappa shape index (κ2) is 34.1. The number of ketones is 1. The molecular weight excluding hydrogens is 1450 g/mol. The van der Waals surface area contributed by atoms with E-state index >= 15 is 0 Å². The first-order valence-corrected chi connectivity index (χ1v) is 38.5. The van der Waals surface area contributed by atoms with E-state index in [1.165, 1.54) is 84.0 Å². The second-order valence-electron chi connectivity index (χ2n) is 26.4. The second-order valence-corrected chi connectivity index (χ2v) is 30.9. The van der Waals surface area contributed by atoms with Crippen molar-refractivity contribution in [3.8, 4) is 28.6 Å². The molecule has 26 nitrogen and oxygen atoms in total. The SMILES string of the molecule is CCOC(=O)/C(Cl)=C/c1cc(N2C(=O)C3=C(CCCC3)C2=O)ccc1Cl.CCc1cc(C)cc(CC)c1-c1c(OC(=O)C(C)(C)C)n2n(c1=O)CCOCC2.COc1ccccc1C(=O)NS(=O)(=O)c1ccc(C(=O)NC2CC2)cc1.Cc1c(C(=O)c2cnn(C)c2O)ccc(S(C)(=O)=O)c1C1=NOCC1. The van der Waals surface area contributed by atoms with E-state index < -0.39 is 42.9 Å². The van der Waals surface area contributed by atoms with Gasteiger partial charge < -0.3 is 34.2 Å². The number of anilines is 1. The zero-order valence-electron chi connectivity index (χ0n) is 60.6. The van der Waals surface area contributed by atoms with Gasteiger partial charge in [0, 0.05) is 58.6 Å². The molecule has 2 aromatic heterocycles. The van der Waals surface area contributed by atoms with Crippen LogP contribution in [0.4, 0.5) is 5.69 Å². The smallest absolute Gasteiger partial charge is 0.349 e. The van der Waals surface area contributed by atoms with Crippen LogP contribution in [-0.4, -0.2) is 134 Å². The number of amides is 4. The maximum Gasteiger partial charge on any atom is 0.349 e. The van der Waals surface area contributed by atoms with E-state index in [1.807, 2.05) is 25.5 Å². The molecule has 0 radical (unpaired) electrons. The first-order valence-electron chi connectivity index (χ1n) is 34.3. The summed E-state index contributed by atoms with van der Waals surface area (Å²) in [6, 6.07) is 23.8. The van der Waals surface area contributed by atoms with Gasteiger partial charge >= 0.3 is 11.9 Å². The summed E-state index contributed by atoms with van der Waals surface area (Å²) in [7, 11) is -4.68. The third-order valence-electron chi connectivity index (χ3n) is 17.8. The third-order valence-corrected chi connectivity index (χ3v) is 20.9. The molecule has 0 bridgehead atoms. The zero-order valence-corrected chi connectivity index (χ0v) is 63.8. The minimum atomic E-state index is -4.07. The van der Waals surface area contributed by atoms with Crippen molar-refractivity contribution in [2.75, 3.05) is 44.7 Å². The molecule has 3 N–H and O–H groups in total. The number of oxime groups is 1. The number of para-hydroxylation sites is 1. The number of nitrogens with one attached hydrogen (secondary N) is 2. The van der Waals surface area contributed by atoms with Gasteiger partial charge in [0.1, 0.15) is 28.5 Å². The van der Waals surface area contributed by atoms with E-state index in [1.54, 1.807) is 59.6 Å². The molecule has 0 spiro atoms. The highest BCUT2D eigenvalue weighted by molar-refractivity contribution is 7.91. The number of imide groups is 1. The van der Waals surface area contributed by atoms with Crippen molar-refractivity contribution in [3.05, 3.63) is 184 Å². The van der Waals surface area contributed by atoms with Crippen LogP contribution in [0, 0.1) is 19.3 Å². The lowest BCUT2D eigenvalue weighted by atomic mass is 9.91. The number of carbonyl (C=O) groups is 7. The van der Waals surface area contributed by atoms with Gasteiger partial charge in [-0.15, -0.1) is 0 Å². The molecule has 5 aromatic carbocycles. The number of ether oxygens (including phenoxy) is 4. The molecular formula is C76H84Cl2N8O18S2. The number of carbonyl (C=O) groups excluding carboxylic acids is 7. The number of sulfone groups is 1. The standard InChI is InChI=1S/C23H32N2O4.C19H17Cl2NO4.C18H18N2O5S.C16H17N3O5S/c1-7-16-13-15(3)14-17(8-2)18(16)19-20(26)24-9-11-28-12-10-25(24)21(19)29-22(27)23(4,5)6;1-2-26-19(25)16(21)10-11-9-12(7-8-15(11)20)22-17(23)13-5-3-4-6-14(13)18(22)24;1-25-16-5-3-2-4-15(16)18(22)20-26(23,24)14-10-6-12(7-11-14)17(21)19-13-8-9-13;1-9-10(15(20)11-8-17-19(2)16(11)21)4-5-13(25(3,22)23)14(9)12-6-7-24-18-12/h13-14H,7-12H2,1-6H3;7-10H,2-6H2,1H3;2-7,10-11,13H,8-9H2,1H3,(H,19,21)(H,20,22);4-5,8,21H,6-7H2,1-3H3/b;16-10-;;. The Morgan fingerprint density at radius 2 is 1.40 bits per heavy atom. The maximum atomic E-state index is 13.5. The molecule has 7 aromatic rings. The number of aromatic nitrogens is 4. The fourth-order valence-electron chi connectivity index (χ4n) is 12.1. The third kappa shape index (κ3) is 18.3. The Morgan fingerprint density at radius 1 is 0.764 bits per heavy atom. The van der Waals surface area contributed by atoms with Crippen LogP contribution >= 0.6 is 23.2 Å². The normalized spacial score (nSPS) is 15.0. The number of benzene rings is 5. The Kier molecular flexibility index (Phi) is 25.7. The Labute approximate surface area is 624 Å². The number of sulfonamides is 1. The van der Waals surface area contributed by atoms with Crippen LogP contribution in [0.3, 0.4) is 0 Å². The number of fused-ring (bicyclic) bond motifs is 1. The summed E-state index contributed by atoms with van der Waals surface area (Å²) in [5.41, 5.74) is 8.18. The highest BCUT2D eigenvalue weighted by Gasteiger charge is 2.40. The van der Waals surface area contributed by atoms with Gasteiger partial charge in [0.15, 0.2) is 15.6 Å². The van der Waals surface area contributed by atoms with Crippen molar-refractivity contribution >= 4 is 102 Å². The van der Waals surface area contributed by atoms with Crippen LogP contribution < -0.4 is 30.0 Å². The summed E-state index contributed by atoms with van der Waals surface area (Å²) in [6.07, 6.45) is 10.8. The first-order chi connectivity index (χ1) is 50.2. The van der Waals surface area contributed by atoms with Gasteiger partial charge in [-0.2, -0.15) is 5.10 Å². The molecule has 0 saturated heterocycles. The summed E-state index contributed by atoms with van der Waals surface area (Å²) < 4.78 is 77.1. The van der Waals surface area contributed by atoms with Crippen LogP contribution in [0.2, 0.25) is 5.02 Å². The molecule has 0 unspecified atom stereocenters. The minimum absolute atomic E-state index is 0.0493. The largest absolute Gasteiger partial charge is 0.496 e. The Morgan fingerprint density at radius 3 is 1.95 bits per heavy atom. The van der Waals surface area contributed by atoms with Crippen molar-refractivity contribution in [1.29, 1.82) is 0 Å². The number of aryl methyl sites for hydroxylation is 4. The van der Waals surface area contributed by atoms with Gasteiger partial charge in [0.25, 0.3) is 39.2 Å². The van der Waals surface area contributed by atoms with E-state index in [0.717, 1.165) is 61.5 Å². The fourth-order valence-corrected chi connectivity index (χ4v) is 14.4. The van der Waals surface area contributed by atoms with Gasteiger partial charge in [-0.25, -0.2) is 45.3 Å². The van der Waals surface area contributed by atoms with E-state index in [2.05, 4.69) is 48.5 Å². The monoisotopic (exact) mass is 1530 g/mol. The highest BCUT2D eigenvalue weighted by atomic mass is 35.5. The van der Waals surface area contributed by atoms with Crippen LogP contribution in [0.5, 0.6) is 17.5 Å². The van der Waals surface area contributed by atoms with Crippen LogP contribution in [-0.2, 0) is 86.3 Å². The van der Waals surface area contributed by atoms with Crippen molar-refractivity contribution in [2.24, 2.45) is 17.6 Å². The van der Waals surface area contributed by atoms with Gasteiger partial charge in [0.2, 0.25) is 11.8 Å². The van der Waals surface area contributed by atoms with Gasteiger partial charge in [-0.3, -0.25) is 33.6 Å². The first kappa shape index (κ1) is 80.1. The number of rotatable bonds is 18. The number of methoxy groups -OCH3 is 1. The number of nitrogens with zero attached hydrogens (tertiary/aromatic N) is 6. The number of hydrogen-bond donors (Lipinski definition) is 3. The molecule has 106 heavy (non-hydrogen) atoms. The molecule has 0 atom stereocenters. The van der Waals surface area contributed by atoms with Crippen molar-refractivity contribution in [2.45, 2.75) is 142 Å². The quantitative estimate of drug-likeness (QED) is 0.0311. The molecule has 12 rings (SSSR count). The van der Waals surface area contributed by atoms with Crippen LogP contribution in [0.1, 0.15) is 157 Å². The van der Waals surface area contributed by atoms with Crippen molar-refractivity contribution in [3.63, 3.8) is 0 Å². The molecule has 5 aliphatic rings. The predicted octanol–water partition coefficient (Wildman–Crippen LogP) is 10.9. The van der Waals surface area contributed by atoms with E-state index in [-0.39, 0.29) is 85.0 Å². The Bertz CT molecular complexity index is 4970. The van der Waals surface area contributed by atoms with E-state index in [0.29, 0.717) is 113 Å². The van der Waals surface area contributed by atoms with Gasteiger partial charge in [-0.05, 0) is 194 Å². The molecule has 5 heterocycles. The van der Waals surface area contributed by atoms with E-state index in [9.17, 15) is 60.3 Å². The predicted molar refractivity (Wildman–Crippen MR) is 398 cm³/mol. The van der Waals surface area contributed by atoms with Crippen LogP contribution in [0.15, 0.2) is 133 Å². The summed E-state index contributed by atoms with van der Waals surface area (Å²) in [5.74, 6) is -2.69. The average molecular weight is 1530 g/mol. The zero-order chi connectivity index (χ0) is 77.3. The molecule has 1 saturated carbocycles. The Hall–Kier alpha value is -10.0. The average Bonchev–Trinajstić information content (AvgIpc) is 1.57. The van der Waals surface area contributed by atoms with Gasteiger partial charge in [-0.1, -0.05) is 72.0 Å². The van der Waals surface area contributed by atoms with Crippen LogP contribution in [0.25, 0.3) is 17.2 Å². The molecule has 3 aliphatic heterocycles. The maximum absolute atomic E-state index is 13.5. The molecule has 30 heteroatoms. The molecule has 1 fully saturated rings. The van der Waals surface area contributed by atoms with Crippen molar-refractivity contribution in [1.82, 2.24) is 29.2 Å². The summed E-state index contributed by atoms with van der Waals surface area (Å²) in [5, 5.41) is 20.8. The number of aromatic hydroxyl groups is 1. The lowest BCUT2D eigenvalue weighted by Crippen LogP contribution is -2.31. The highest BCUT2D eigenvalue weighted by Crippen LogP contribution is 2.40. The topological polar surface area (TPSA) is 339 Å². The van der Waals surface area contributed by atoms with Crippen molar-refractivity contribution < 1.29 is 79.3 Å². The fraction of sp³-hybridized carbons (Fsp3) is 0.368. The minimum Gasteiger partial charge on any atom is -0.496 e. The molecule has 4 amide bonds. The number of halogens is 2.